The van der Waals surface area contributed by atoms with Crippen LogP contribution in [0.4, 0.5) is 13.2 Å². The molecule has 1 aliphatic heterocycles. The first-order valence-corrected chi connectivity index (χ1v) is 14.4. The molecular formula is C31H45F3N2. The Morgan fingerprint density at radius 2 is 1.94 bits per heavy atom. The summed E-state index contributed by atoms with van der Waals surface area (Å²) in [5.41, 5.74) is 3.21. The van der Waals surface area contributed by atoms with Crippen molar-refractivity contribution in [2.24, 2.45) is 41.4 Å². The summed E-state index contributed by atoms with van der Waals surface area (Å²) in [7, 11) is 0. The van der Waals surface area contributed by atoms with E-state index in [1.165, 1.54) is 24.0 Å². The van der Waals surface area contributed by atoms with E-state index >= 15 is 0 Å². The van der Waals surface area contributed by atoms with Crippen LogP contribution in [0.5, 0.6) is 0 Å². The lowest BCUT2D eigenvalue weighted by Crippen LogP contribution is -2.34. The molecule has 0 aromatic rings. The fourth-order valence-electron chi connectivity index (χ4n) is 7.33. The predicted octanol–water partition coefficient (Wildman–Crippen LogP) is 8.48. The number of hydrogen-bond acceptors (Lipinski definition) is 2. The highest BCUT2D eigenvalue weighted by molar-refractivity contribution is 5.32. The molecule has 2 nitrogen and oxygen atoms in total. The van der Waals surface area contributed by atoms with Gasteiger partial charge in [0.1, 0.15) is 0 Å². The molecule has 0 bridgehead atoms. The maximum atomic E-state index is 13.5. The van der Waals surface area contributed by atoms with Crippen molar-refractivity contribution in [1.82, 2.24) is 4.90 Å². The largest absolute Gasteiger partial charge is 0.395 e. The SMILES string of the molecule is C=C(CC1CCC(CCN2CC=C(C3C(C#N)C(C)=CC4CC43)CC2)CC1)C(CCCC)C(F)(F)F. The van der Waals surface area contributed by atoms with Crippen molar-refractivity contribution in [3.05, 3.63) is 35.5 Å². The molecule has 200 valence electrons. The standard InChI is InChI=1S/C31H45F3N2/c1-4-5-6-29(31(32,33)34)22(3)17-24-9-7-23(8-10-24)11-14-36-15-12-25(13-16-36)30-27-19-26(27)18-21(2)28(30)20-35/h12,18,23-24,26-30H,3-11,13-17,19H2,1-2H3. The number of nitriles is 1. The molecule has 3 aliphatic carbocycles. The Kier molecular flexibility index (Phi) is 9.08. The van der Waals surface area contributed by atoms with E-state index in [4.69, 9.17) is 0 Å². The van der Waals surface area contributed by atoms with Gasteiger partial charge in [-0.05, 0) is 82.1 Å². The van der Waals surface area contributed by atoms with Crippen molar-refractivity contribution in [1.29, 1.82) is 5.26 Å². The van der Waals surface area contributed by atoms with Gasteiger partial charge in [-0.15, -0.1) is 0 Å². The fraction of sp³-hybridized carbons (Fsp3) is 0.774. The summed E-state index contributed by atoms with van der Waals surface area (Å²) in [6.07, 6.45) is 10.6. The summed E-state index contributed by atoms with van der Waals surface area (Å²) in [6, 6.07) is 2.59. The van der Waals surface area contributed by atoms with Gasteiger partial charge in [-0.2, -0.15) is 18.4 Å². The smallest absolute Gasteiger partial charge is 0.299 e. The Bertz CT molecular complexity index is 871. The van der Waals surface area contributed by atoms with Gasteiger partial charge in [0.15, 0.2) is 0 Å². The molecular weight excluding hydrogens is 457 g/mol. The average molecular weight is 503 g/mol. The minimum Gasteiger partial charge on any atom is -0.299 e. The van der Waals surface area contributed by atoms with E-state index < -0.39 is 12.1 Å². The van der Waals surface area contributed by atoms with Crippen molar-refractivity contribution >= 4 is 0 Å². The molecule has 0 aromatic heterocycles. The first-order chi connectivity index (χ1) is 17.2. The van der Waals surface area contributed by atoms with Crippen LogP contribution >= 0.6 is 0 Å². The Morgan fingerprint density at radius 1 is 1.22 bits per heavy atom. The van der Waals surface area contributed by atoms with Gasteiger partial charge in [-0.25, -0.2) is 0 Å². The maximum Gasteiger partial charge on any atom is 0.395 e. The van der Waals surface area contributed by atoms with Gasteiger partial charge in [-0.1, -0.05) is 68.1 Å². The molecule has 5 unspecified atom stereocenters. The number of nitrogens with zero attached hydrogens (tertiary/aromatic N) is 2. The third-order valence-corrected chi connectivity index (χ3v) is 9.68. The van der Waals surface area contributed by atoms with Crippen LogP contribution in [0.1, 0.15) is 84.5 Å². The summed E-state index contributed by atoms with van der Waals surface area (Å²) in [5.74, 6) is 1.65. The average Bonchev–Trinajstić information content (AvgIpc) is 3.61. The van der Waals surface area contributed by atoms with E-state index in [2.05, 4.69) is 36.6 Å². The zero-order valence-electron chi connectivity index (χ0n) is 22.3. The number of rotatable bonds is 10. The van der Waals surface area contributed by atoms with Crippen molar-refractivity contribution in [2.75, 3.05) is 19.6 Å². The number of alkyl halides is 3. The van der Waals surface area contributed by atoms with Crippen LogP contribution in [-0.2, 0) is 0 Å². The molecule has 0 spiro atoms. The Balaban J connectivity index is 1.18. The lowest BCUT2D eigenvalue weighted by molar-refractivity contribution is -0.166. The zero-order valence-corrected chi connectivity index (χ0v) is 22.3. The topological polar surface area (TPSA) is 27.0 Å². The van der Waals surface area contributed by atoms with Gasteiger partial charge >= 0.3 is 6.18 Å². The summed E-state index contributed by atoms with van der Waals surface area (Å²) in [6.45, 7) is 11.2. The van der Waals surface area contributed by atoms with Crippen LogP contribution in [0.15, 0.2) is 35.5 Å². The van der Waals surface area contributed by atoms with E-state index in [1.54, 1.807) is 0 Å². The quantitative estimate of drug-likeness (QED) is 0.280. The van der Waals surface area contributed by atoms with E-state index in [0.29, 0.717) is 48.0 Å². The van der Waals surface area contributed by atoms with Crippen molar-refractivity contribution in [3.8, 4) is 6.07 Å². The van der Waals surface area contributed by atoms with Crippen molar-refractivity contribution in [3.63, 3.8) is 0 Å². The van der Waals surface area contributed by atoms with Crippen molar-refractivity contribution in [2.45, 2.75) is 90.7 Å². The summed E-state index contributed by atoms with van der Waals surface area (Å²) in [5, 5.41) is 9.76. The second-order valence-corrected chi connectivity index (χ2v) is 12.2. The first-order valence-electron chi connectivity index (χ1n) is 14.4. The lowest BCUT2D eigenvalue weighted by Gasteiger charge is -2.35. The summed E-state index contributed by atoms with van der Waals surface area (Å²) < 4.78 is 40.5. The van der Waals surface area contributed by atoms with Gasteiger partial charge in [0.05, 0.1) is 17.9 Å². The van der Waals surface area contributed by atoms with E-state index in [1.807, 2.05) is 6.92 Å². The fourth-order valence-corrected chi connectivity index (χ4v) is 7.33. The molecule has 4 aliphatic rings. The predicted molar refractivity (Wildman–Crippen MR) is 140 cm³/mol. The van der Waals surface area contributed by atoms with Gasteiger partial charge in [0.2, 0.25) is 0 Å². The molecule has 0 N–H and O–H groups in total. The number of halogens is 3. The second kappa shape index (κ2) is 11.9. The summed E-state index contributed by atoms with van der Waals surface area (Å²) >= 11 is 0. The highest BCUT2D eigenvalue weighted by atomic mass is 19.4. The third kappa shape index (κ3) is 6.66. The van der Waals surface area contributed by atoms with Crippen LogP contribution in [0, 0.1) is 52.8 Å². The molecule has 0 aromatic carbocycles. The molecule has 2 saturated carbocycles. The maximum absolute atomic E-state index is 13.5. The number of fused-ring (bicyclic) bond motifs is 1. The minimum absolute atomic E-state index is 0.0656. The molecule has 5 heteroatoms. The van der Waals surface area contributed by atoms with Crippen LogP contribution < -0.4 is 0 Å². The van der Waals surface area contributed by atoms with Crippen LogP contribution in [0.3, 0.4) is 0 Å². The van der Waals surface area contributed by atoms with Crippen LogP contribution in [-0.4, -0.2) is 30.7 Å². The van der Waals surface area contributed by atoms with E-state index in [0.717, 1.165) is 58.2 Å². The Morgan fingerprint density at radius 3 is 2.56 bits per heavy atom. The molecule has 0 radical (unpaired) electrons. The molecule has 2 fully saturated rings. The molecule has 0 saturated heterocycles. The normalized spacial score (nSPS) is 33.7. The summed E-state index contributed by atoms with van der Waals surface area (Å²) in [4.78, 5) is 2.55. The highest BCUT2D eigenvalue weighted by Crippen LogP contribution is 2.56. The van der Waals surface area contributed by atoms with Gasteiger partial charge in [0.25, 0.3) is 0 Å². The van der Waals surface area contributed by atoms with E-state index in [9.17, 15) is 18.4 Å². The number of hydrogen-bond donors (Lipinski definition) is 0. The molecule has 5 atom stereocenters. The number of allylic oxidation sites excluding steroid dienone is 3. The minimum atomic E-state index is -4.16. The second-order valence-electron chi connectivity index (χ2n) is 12.2. The first kappa shape index (κ1) is 27.5. The zero-order chi connectivity index (χ0) is 25.9. The van der Waals surface area contributed by atoms with E-state index in [-0.39, 0.29) is 12.3 Å². The molecule has 4 rings (SSSR count). The molecule has 0 amide bonds. The van der Waals surface area contributed by atoms with Crippen molar-refractivity contribution < 1.29 is 13.2 Å². The molecule has 1 heterocycles. The Hall–Kier alpha value is -1.54. The lowest BCUT2D eigenvalue weighted by atomic mass is 9.73. The number of unbranched alkanes of at least 4 members (excludes halogenated alkanes) is 1. The molecule has 36 heavy (non-hydrogen) atoms. The highest BCUT2D eigenvalue weighted by Gasteiger charge is 2.50. The van der Waals surface area contributed by atoms with Gasteiger partial charge in [0, 0.05) is 19.0 Å². The Labute approximate surface area is 216 Å². The van der Waals surface area contributed by atoms with Gasteiger partial charge in [-0.3, -0.25) is 4.90 Å². The van der Waals surface area contributed by atoms with Gasteiger partial charge < -0.3 is 0 Å². The third-order valence-electron chi connectivity index (χ3n) is 9.68. The monoisotopic (exact) mass is 502 g/mol. The van der Waals surface area contributed by atoms with Crippen LogP contribution in [0.2, 0.25) is 0 Å². The van der Waals surface area contributed by atoms with Crippen LogP contribution in [0.25, 0.3) is 0 Å².